The molecule has 0 unspecified atom stereocenters. The molecular weight excluding hydrogens is 230 g/mol. The summed E-state index contributed by atoms with van der Waals surface area (Å²) in [5, 5.41) is 0. The number of aryl methyl sites for hydroxylation is 1. The van der Waals surface area contributed by atoms with Crippen LogP contribution in [0.2, 0.25) is 0 Å². The van der Waals surface area contributed by atoms with Gasteiger partial charge in [0.25, 0.3) is 0 Å². The van der Waals surface area contributed by atoms with E-state index in [4.69, 9.17) is 5.73 Å². The van der Waals surface area contributed by atoms with Gasteiger partial charge in [0.2, 0.25) is 0 Å². The first kappa shape index (κ1) is 10.5. The minimum Gasteiger partial charge on any atom is -0.326 e. The highest BCUT2D eigenvalue weighted by atomic mass is 32.1. The molecule has 17 heavy (non-hydrogen) atoms. The smallest absolute Gasteiger partial charge is 0.194 e. The lowest BCUT2D eigenvalue weighted by atomic mass is 10.1. The summed E-state index contributed by atoms with van der Waals surface area (Å²) in [7, 11) is 0. The van der Waals surface area contributed by atoms with Crippen molar-refractivity contribution in [2.75, 3.05) is 0 Å². The zero-order valence-corrected chi connectivity index (χ0v) is 10.4. The van der Waals surface area contributed by atoms with Gasteiger partial charge in [-0.15, -0.1) is 0 Å². The van der Waals surface area contributed by atoms with Gasteiger partial charge in [-0.05, 0) is 12.5 Å². The fraction of sp³-hybridized carbons (Fsp3) is 0.154. The fourth-order valence-corrected chi connectivity index (χ4v) is 2.96. The highest BCUT2D eigenvalue weighted by Crippen LogP contribution is 2.31. The van der Waals surface area contributed by atoms with E-state index < -0.39 is 0 Å². The Hall–Kier alpha value is -1.65. The lowest BCUT2D eigenvalue weighted by molar-refractivity contribution is 1.08. The van der Waals surface area contributed by atoms with Gasteiger partial charge in [0.1, 0.15) is 0 Å². The molecule has 0 aliphatic heterocycles. The molecule has 0 fully saturated rings. The van der Waals surface area contributed by atoms with Gasteiger partial charge in [-0.1, -0.05) is 41.2 Å². The summed E-state index contributed by atoms with van der Waals surface area (Å²) in [5.74, 6) is 0. The van der Waals surface area contributed by atoms with Gasteiger partial charge in [-0.3, -0.25) is 4.40 Å². The van der Waals surface area contributed by atoms with E-state index in [1.807, 2.05) is 12.4 Å². The Morgan fingerprint density at radius 1 is 1.29 bits per heavy atom. The first-order valence-electron chi connectivity index (χ1n) is 5.51. The van der Waals surface area contributed by atoms with Crippen LogP contribution in [0.1, 0.15) is 10.4 Å². The average molecular weight is 243 g/mol. The summed E-state index contributed by atoms with van der Waals surface area (Å²) in [5.41, 5.74) is 9.44. The first-order valence-corrected chi connectivity index (χ1v) is 6.33. The Morgan fingerprint density at radius 2 is 2.06 bits per heavy atom. The molecule has 0 saturated carbocycles. The van der Waals surface area contributed by atoms with E-state index in [1.165, 1.54) is 21.7 Å². The molecule has 0 spiro atoms. The lowest BCUT2D eigenvalue weighted by Gasteiger charge is -2.03. The molecule has 2 heterocycles. The molecule has 0 atom stereocenters. The second-order valence-electron chi connectivity index (χ2n) is 4.02. The Kier molecular flexibility index (Phi) is 2.46. The van der Waals surface area contributed by atoms with Crippen molar-refractivity contribution >= 4 is 16.3 Å². The third kappa shape index (κ3) is 1.66. The molecule has 0 aliphatic rings. The third-order valence-electron chi connectivity index (χ3n) is 2.84. The highest BCUT2D eigenvalue weighted by molar-refractivity contribution is 7.17. The number of hydrogen-bond donors (Lipinski definition) is 1. The predicted octanol–water partition coefficient (Wildman–Crippen LogP) is 2.83. The van der Waals surface area contributed by atoms with E-state index >= 15 is 0 Å². The molecule has 0 aliphatic carbocycles. The monoisotopic (exact) mass is 243 g/mol. The number of aromatic nitrogens is 2. The standard InChI is InChI=1S/C13H13N3S/c1-9-2-4-10(5-3-9)12-11(8-14)17-13-15-6-7-16(12)13/h2-7H,8,14H2,1H3. The topological polar surface area (TPSA) is 43.3 Å². The van der Waals surface area contributed by atoms with Gasteiger partial charge in [0.15, 0.2) is 4.96 Å². The van der Waals surface area contributed by atoms with Gasteiger partial charge in [0, 0.05) is 23.8 Å². The number of nitrogens with two attached hydrogens (primary N) is 1. The second-order valence-corrected chi connectivity index (χ2v) is 5.09. The van der Waals surface area contributed by atoms with Gasteiger partial charge in [0.05, 0.1) is 5.69 Å². The molecule has 0 radical (unpaired) electrons. The van der Waals surface area contributed by atoms with Crippen molar-refractivity contribution in [2.45, 2.75) is 13.5 Å². The third-order valence-corrected chi connectivity index (χ3v) is 3.93. The van der Waals surface area contributed by atoms with Gasteiger partial charge < -0.3 is 5.73 Å². The molecule has 1 aromatic carbocycles. The van der Waals surface area contributed by atoms with E-state index in [0.29, 0.717) is 6.54 Å². The number of rotatable bonds is 2. The lowest BCUT2D eigenvalue weighted by Crippen LogP contribution is -1.97. The maximum atomic E-state index is 5.81. The predicted molar refractivity (Wildman–Crippen MR) is 71.1 cm³/mol. The Bertz CT molecular complexity index is 649. The van der Waals surface area contributed by atoms with Gasteiger partial charge >= 0.3 is 0 Å². The molecular formula is C13H13N3S. The normalized spacial score (nSPS) is 11.2. The van der Waals surface area contributed by atoms with Crippen molar-refractivity contribution in [3.05, 3.63) is 47.1 Å². The Balaban J connectivity index is 2.26. The second kappa shape index (κ2) is 3.98. The van der Waals surface area contributed by atoms with Crippen LogP contribution < -0.4 is 5.73 Å². The molecule has 3 rings (SSSR count). The maximum Gasteiger partial charge on any atom is 0.194 e. The van der Waals surface area contributed by atoms with Crippen LogP contribution in [0, 0.1) is 6.92 Å². The van der Waals surface area contributed by atoms with Crippen LogP contribution in [0.15, 0.2) is 36.7 Å². The summed E-state index contributed by atoms with van der Waals surface area (Å²) >= 11 is 1.66. The number of fused-ring (bicyclic) bond motifs is 1. The minimum atomic E-state index is 0.553. The van der Waals surface area contributed by atoms with Crippen LogP contribution in [0.4, 0.5) is 0 Å². The molecule has 2 aromatic heterocycles. The largest absolute Gasteiger partial charge is 0.326 e. The van der Waals surface area contributed by atoms with E-state index in [2.05, 4.69) is 40.6 Å². The van der Waals surface area contributed by atoms with E-state index in [-0.39, 0.29) is 0 Å². The number of nitrogens with zero attached hydrogens (tertiary/aromatic N) is 2. The summed E-state index contributed by atoms with van der Waals surface area (Å²) in [4.78, 5) is 6.50. The summed E-state index contributed by atoms with van der Waals surface area (Å²) < 4.78 is 2.11. The number of imidazole rings is 1. The van der Waals surface area contributed by atoms with Crippen LogP contribution in [-0.2, 0) is 6.54 Å². The van der Waals surface area contributed by atoms with Crippen molar-refractivity contribution in [3.63, 3.8) is 0 Å². The van der Waals surface area contributed by atoms with E-state index in [0.717, 1.165) is 4.96 Å². The van der Waals surface area contributed by atoms with Gasteiger partial charge in [-0.25, -0.2) is 4.98 Å². The van der Waals surface area contributed by atoms with Crippen molar-refractivity contribution < 1.29 is 0 Å². The molecule has 3 aromatic rings. The molecule has 86 valence electrons. The van der Waals surface area contributed by atoms with E-state index in [1.54, 1.807) is 11.3 Å². The van der Waals surface area contributed by atoms with Crippen molar-refractivity contribution in [1.82, 2.24) is 9.38 Å². The van der Waals surface area contributed by atoms with Crippen molar-refractivity contribution in [3.8, 4) is 11.3 Å². The first-order chi connectivity index (χ1) is 8.29. The molecule has 4 heteroatoms. The Labute approximate surface area is 104 Å². The summed E-state index contributed by atoms with van der Waals surface area (Å²) in [6, 6.07) is 8.51. The Morgan fingerprint density at radius 3 is 2.76 bits per heavy atom. The zero-order valence-electron chi connectivity index (χ0n) is 9.55. The summed E-state index contributed by atoms with van der Waals surface area (Å²) in [6.45, 7) is 2.64. The average Bonchev–Trinajstić information content (AvgIpc) is 2.89. The minimum absolute atomic E-state index is 0.553. The van der Waals surface area contributed by atoms with Crippen LogP contribution in [0.5, 0.6) is 0 Å². The molecule has 2 N–H and O–H groups in total. The maximum absolute atomic E-state index is 5.81. The zero-order chi connectivity index (χ0) is 11.8. The van der Waals surface area contributed by atoms with E-state index in [9.17, 15) is 0 Å². The number of hydrogen-bond acceptors (Lipinski definition) is 3. The molecule has 0 saturated heterocycles. The SMILES string of the molecule is Cc1ccc(-c2c(CN)sc3nccn23)cc1. The molecule has 3 nitrogen and oxygen atoms in total. The van der Waals surface area contributed by atoms with Crippen LogP contribution in [0.3, 0.4) is 0 Å². The van der Waals surface area contributed by atoms with Crippen molar-refractivity contribution in [1.29, 1.82) is 0 Å². The highest BCUT2D eigenvalue weighted by Gasteiger charge is 2.12. The van der Waals surface area contributed by atoms with Crippen LogP contribution in [0.25, 0.3) is 16.2 Å². The number of benzene rings is 1. The number of thiazole rings is 1. The van der Waals surface area contributed by atoms with Crippen LogP contribution >= 0.6 is 11.3 Å². The fourth-order valence-electron chi connectivity index (χ4n) is 1.98. The van der Waals surface area contributed by atoms with Crippen LogP contribution in [-0.4, -0.2) is 9.38 Å². The van der Waals surface area contributed by atoms with Crippen molar-refractivity contribution in [2.24, 2.45) is 5.73 Å². The van der Waals surface area contributed by atoms with Gasteiger partial charge in [-0.2, -0.15) is 0 Å². The molecule has 0 amide bonds. The molecule has 0 bridgehead atoms. The quantitative estimate of drug-likeness (QED) is 0.752. The summed E-state index contributed by atoms with van der Waals surface area (Å²) in [6.07, 6.45) is 3.81.